The smallest absolute Gasteiger partial charge is 0.119 e. The predicted octanol–water partition coefficient (Wildman–Crippen LogP) is 3.64. The normalized spacial score (nSPS) is 10.6. The Bertz CT molecular complexity index is 527. The molecule has 0 radical (unpaired) electrons. The number of anilines is 1. The third-order valence-corrected chi connectivity index (χ3v) is 4.30. The zero-order chi connectivity index (χ0) is 14.4. The average molecular weight is 311 g/mol. The molecule has 3 nitrogen and oxygen atoms in total. The van der Waals surface area contributed by atoms with Gasteiger partial charge in [0.15, 0.2) is 0 Å². The second kappa shape index (κ2) is 7.53. The Morgan fingerprint density at radius 3 is 2.55 bits per heavy atom. The summed E-state index contributed by atoms with van der Waals surface area (Å²) in [5, 5.41) is 3.42. The molecular weight excluding hydrogens is 292 g/mol. The number of benzene rings is 1. The van der Waals surface area contributed by atoms with E-state index in [1.807, 2.05) is 18.2 Å². The molecule has 0 saturated heterocycles. The van der Waals surface area contributed by atoms with Crippen LogP contribution in [0.3, 0.4) is 0 Å². The van der Waals surface area contributed by atoms with Gasteiger partial charge in [-0.3, -0.25) is 0 Å². The molecule has 0 aliphatic carbocycles. The Morgan fingerprint density at radius 2 is 1.95 bits per heavy atom. The van der Waals surface area contributed by atoms with Crippen LogP contribution in [-0.4, -0.2) is 27.2 Å². The number of nitrogens with one attached hydrogen (secondary N) is 1. The Labute approximate surface area is 129 Å². The van der Waals surface area contributed by atoms with E-state index in [1.54, 1.807) is 18.4 Å². The van der Waals surface area contributed by atoms with E-state index in [0.717, 1.165) is 29.7 Å². The van der Waals surface area contributed by atoms with Crippen LogP contribution >= 0.6 is 22.9 Å². The zero-order valence-corrected chi connectivity index (χ0v) is 13.3. The highest BCUT2D eigenvalue weighted by molar-refractivity contribution is 7.16. The SMILES string of the molecule is COc1ccc(N(C)CCNCc2ccc(Cl)s2)cc1. The Hall–Kier alpha value is -1.23. The number of hydrogen-bond acceptors (Lipinski definition) is 4. The summed E-state index contributed by atoms with van der Waals surface area (Å²) in [6, 6.07) is 12.1. The van der Waals surface area contributed by atoms with Crippen LogP contribution in [0, 0.1) is 0 Å². The van der Waals surface area contributed by atoms with E-state index in [9.17, 15) is 0 Å². The molecule has 0 atom stereocenters. The summed E-state index contributed by atoms with van der Waals surface area (Å²) < 4.78 is 6.00. The number of ether oxygens (including phenoxy) is 1. The molecule has 0 bridgehead atoms. The number of hydrogen-bond donors (Lipinski definition) is 1. The number of halogens is 1. The van der Waals surface area contributed by atoms with E-state index >= 15 is 0 Å². The van der Waals surface area contributed by atoms with Gasteiger partial charge in [0.1, 0.15) is 5.75 Å². The molecule has 1 N–H and O–H groups in total. The molecular formula is C15H19ClN2OS. The largest absolute Gasteiger partial charge is 0.497 e. The summed E-state index contributed by atoms with van der Waals surface area (Å²) in [7, 11) is 3.77. The van der Waals surface area contributed by atoms with Crippen molar-refractivity contribution in [2.75, 3.05) is 32.1 Å². The second-order valence-electron chi connectivity index (χ2n) is 4.50. The van der Waals surface area contributed by atoms with Gasteiger partial charge in [-0.05, 0) is 36.4 Å². The van der Waals surface area contributed by atoms with Crippen LogP contribution in [0.2, 0.25) is 4.34 Å². The molecule has 2 rings (SSSR count). The fourth-order valence-electron chi connectivity index (χ4n) is 1.87. The number of likely N-dealkylation sites (N-methyl/N-ethyl adjacent to an activating group) is 1. The minimum absolute atomic E-state index is 0.845. The first kappa shape index (κ1) is 15.2. The molecule has 20 heavy (non-hydrogen) atoms. The van der Waals surface area contributed by atoms with Gasteiger partial charge in [0.25, 0.3) is 0 Å². The van der Waals surface area contributed by atoms with Crippen molar-refractivity contribution in [3.63, 3.8) is 0 Å². The van der Waals surface area contributed by atoms with Crippen LogP contribution in [0.1, 0.15) is 4.88 Å². The maximum absolute atomic E-state index is 5.90. The lowest BCUT2D eigenvalue weighted by Crippen LogP contribution is -2.28. The van der Waals surface area contributed by atoms with Gasteiger partial charge in [-0.25, -0.2) is 0 Å². The highest BCUT2D eigenvalue weighted by atomic mass is 35.5. The standard InChI is InChI=1S/C15H19ClN2OS/c1-18(12-3-5-13(19-2)6-4-12)10-9-17-11-14-7-8-15(16)20-14/h3-8,17H,9-11H2,1-2H3. The van der Waals surface area contributed by atoms with E-state index in [-0.39, 0.29) is 0 Å². The molecule has 0 saturated carbocycles. The minimum Gasteiger partial charge on any atom is -0.497 e. The molecule has 2 aromatic rings. The summed E-state index contributed by atoms with van der Waals surface area (Å²) in [4.78, 5) is 3.48. The zero-order valence-electron chi connectivity index (χ0n) is 11.7. The molecule has 1 aromatic heterocycles. The fraction of sp³-hybridized carbons (Fsp3) is 0.333. The lowest BCUT2D eigenvalue weighted by Gasteiger charge is -2.19. The molecule has 0 fully saturated rings. The Morgan fingerprint density at radius 1 is 1.20 bits per heavy atom. The van der Waals surface area contributed by atoms with Crippen LogP contribution in [0.15, 0.2) is 36.4 Å². The Balaban J connectivity index is 1.72. The molecule has 0 spiro atoms. The third kappa shape index (κ3) is 4.40. The maximum Gasteiger partial charge on any atom is 0.119 e. The van der Waals surface area contributed by atoms with Gasteiger partial charge in [-0.2, -0.15) is 0 Å². The quantitative estimate of drug-likeness (QED) is 0.790. The van der Waals surface area contributed by atoms with Gasteiger partial charge < -0.3 is 15.0 Å². The molecule has 1 heterocycles. The number of thiophene rings is 1. The fourth-order valence-corrected chi connectivity index (χ4v) is 2.93. The van der Waals surface area contributed by atoms with Gasteiger partial charge in [-0.1, -0.05) is 11.6 Å². The van der Waals surface area contributed by atoms with Gasteiger partial charge >= 0.3 is 0 Å². The summed E-state index contributed by atoms with van der Waals surface area (Å²) in [6.07, 6.45) is 0. The lowest BCUT2D eigenvalue weighted by atomic mass is 10.3. The van der Waals surface area contributed by atoms with Crippen LogP contribution in [0.4, 0.5) is 5.69 Å². The van der Waals surface area contributed by atoms with Crippen molar-refractivity contribution < 1.29 is 4.74 Å². The van der Waals surface area contributed by atoms with E-state index in [1.165, 1.54) is 10.6 Å². The molecule has 5 heteroatoms. The monoisotopic (exact) mass is 310 g/mol. The molecule has 108 valence electrons. The van der Waals surface area contributed by atoms with Crippen LogP contribution < -0.4 is 15.0 Å². The highest BCUT2D eigenvalue weighted by Crippen LogP contribution is 2.21. The molecule has 0 aliphatic heterocycles. The van der Waals surface area contributed by atoms with E-state index in [2.05, 4.69) is 35.5 Å². The maximum atomic E-state index is 5.90. The average Bonchev–Trinajstić information content (AvgIpc) is 2.89. The second-order valence-corrected chi connectivity index (χ2v) is 6.30. The third-order valence-electron chi connectivity index (χ3n) is 3.07. The number of rotatable bonds is 7. The first-order valence-corrected chi connectivity index (χ1v) is 7.68. The van der Waals surface area contributed by atoms with Crippen molar-refractivity contribution in [2.24, 2.45) is 0 Å². The predicted molar refractivity (Wildman–Crippen MR) is 87.3 cm³/mol. The van der Waals surface area contributed by atoms with Gasteiger partial charge in [0, 0.05) is 37.2 Å². The van der Waals surface area contributed by atoms with E-state index in [4.69, 9.17) is 16.3 Å². The van der Waals surface area contributed by atoms with Crippen molar-refractivity contribution >= 4 is 28.6 Å². The van der Waals surface area contributed by atoms with E-state index in [0.29, 0.717) is 0 Å². The van der Waals surface area contributed by atoms with E-state index < -0.39 is 0 Å². The molecule has 0 unspecified atom stereocenters. The van der Waals surface area contributed by atoms with Gasteiger partial charge in [0.05, 0.1) is 11.4 Å². The molecule has 0 amide bonds. The van der Waals surface area contributed by atoms with Crippen molar-refractivity contribution in [3.05, 3.63) is 45.6 Å². The lowest BCUT2D eigenvalue weighted by molar-refractivity contribution is 0.415. The minimum atomic E-state index is 0.845. The van der Waals surface area contributed by atoms with Crippen molar-refractivity contribution in [1.29, 1.82) is 0 Å². The Kier molecular flexibility index (Phi) is 5.71. The van der Waals surface area contributed by atoms with Crippen molar-refractivity contribution in [1.82, 2.24) is 5.32 Å². The first-order valence-electron chi connectivity index (χ1n) is 6.49. The summed E-state index contributed by atoms with van der Waals surface area (Å²) in [5.41, 5.74) is 1.19. The summed E-state index contributed by atoms with van der Waals surface area (Å²) in [5.74, 6) is 0.884. The highest BCUT2D eigenvalue weighted by Gasteiger charge is 2.01. The first-order chi connectivity index (χ1) is 9.69. The van der Waals surface area contributed by atoms with Crippen LogP contribution in [0.5, 0.6) is 5.75 Å². The van der Waals surface area contributed by atoms with Crippen molar-refractivity contribution in [2.45, 2.75) is 6.54 Å². The number of methoxy groups -OCH3 is 1. The van der Waals surface area contributed by atoms with Crippen LogP contribution in [0.25, 0.3) is 0 Å². The van der Waals surface area contributed by atoms with Crippen molar-refractivity contribution in [3.8, 4) is 5.75 Å². The topological polar surface area (TPSA) is 24.5 Å². The van der Waals surface area contributed by atoms with Crippen LogP contribution in [-0.2, 0) is 6.54 Å². The summed E-state index contributed by atoms with van der Waals surface area (Å²) in [6.45, 7) is 2.75. The number of nitrogens with zero attached hydrogens (tertiary/aromatic N) is 1. The molecule has 0 aliphatic rings. The molecule has 1 aromatic carbocycles. The summed E-state index contributed by atoms with van der Waals surface area (Å²) >= 11 is 7.52. The van der Waals surface area contributed by atoms with Gasteiger partial charge in [0.2, 0.25) is 0 Å². The van der Waals surface area contributed by atoms with Gasteiger partial charge in [-0.15, -0.1) is 11.3 Å².